The Labute approximate surface area is 338 Å². The summed E-state index contributed by atoms with van der Waals surface area (Å²) in [5, 5.41) is 4.93. The van der Waals surface area contributed by atoms with Crippen LogP contribution in [0.3, 0.4) is 0 Å². The number of ether oxygens (including phenoxy) is 2. The van der Waals surface area contributed by atoms with E-state index in [0.717, 1.165) is 43.2 Å². The number of piperidine rings is 1. The lowest BCUT2D eigenvalue weighted by Gasteiger charge is -2.34. The van der Waals surface area contributed by atoms with E-state index in [0.29, 0.717) is 51.7 Å². The van der Waals surface area contributed by atoms with E-state index in [1.807, 2.05) is 29.2 Å². The fourth-order valence-corrected chi connectivity index (χ4v) is 9.10. The number of aromatic amines is 2. The Balaban J connectivity index is 0.934. The van der Waals surface area contributed by atoms with Crippen LogP contribution >= 0.6 is 0 Å². The average Bonchev–Trinajstić information content (AvgIpc) is 3.81. The predicted octanol–water partition coefficient (Wildman–Crippen LogP) is 6.63. The predicted molar refractivity (Wildman–Crippen MR) is 212 cm³/mol. The van der Waals surface area contributed by atoms with Crippen molar-refractivity contribution in [2.24, 2.45) is 11.3 Å². The molecule has 2 aromatic heterocycles. The molecule has 3 heterocycles. The molecule has 0 spiro atoms. The maximum atomic E-state index is 16.4. The summed E-state index contributed by atoms with van der Waals surface area (Å²) in [4.78, 5) is 69.1. The molecule has 4 amide bonds. The SMILES string of the molecule is COC(=O)NCC(=O)N(Cc1ncc(-c2ccc3c(c2)C(F)(F)c2cc(-c4ccc5nc([C@@H]6C7CCC(C7)N6C(=O)CNC(=O)OC)[nH]c5c4)ccc2-3)[nH]1)CC1(C)CC1. The number of alkyl halides is 2. The van der Waals surface area contributed by atoms with Gasteiger partial charge in [0, 0.05) is 29.3 Å². The van der Waals surface area contributed by atoms with Crippen molar-refractivity contribution < 1.29 is 37.4 Å². The number of halogens is 2. The van der Waals surface area contributed by atoms with Crippen molar-refractivity contribution in [1.29, 1.82) is 0 Å². The number of hydrogen-bond donors (Lipinski definition) is 4. The molecule has 4 N–H and O–H groups in total. The number of hydrogen-bond acceptors (Lipinski definition) is 8. The van der Waals surface area contributed by atoms with Gasteiger partial charge in [-0.2, -0.15) is 8.78 Å². The van der Waals surface area contributed by atoms with Crippen LogP contribution in [-0.4, -0.2) is 93.6 Å². The number of amides is 4. The fraction of sp³-hybridized carbons (Fsp3) is 0.395. The van der Waals surface area contributed by atoms with Crippen LogP contribution in [0.5, 0.6) is 0 Å². The second-order valence-electron chi connectivity index (χ2n) is 16.4. The molecule has 2 bridgehead atoms. The van der Waals surface area contributed by atoms with E-state index in [4.69, 9.17) is 4.98 Å². The molecule has 3 aromatic carbocycles. The summed E-state index contributed by atoms with van der Waals surface area (Å²) in [7, 11) is 2.48. The highest BCUT2D eigenvalue weighted by Crippen LogP contribution is 2.53. The molecule has 3 atom stereocenters. The second-order valence-corrected chi connectivity index (χ2v) is 16.4. The largest absolute Gasteiger partial charge is 0.453 e. The molecule has 9 rings (SSSR count). The lowest BCUT2D eigenvalue weighted by Crippen LogP contribution is -2.45. The summed E-state index contributed by atoms with van der Waals surface area (Å²) in [6.45, 7) is 2.36. The molecule has 306 valence electrons. The van der Waals surface area contributed by atoms with E-state index >= 15 is 8.78 Å². The van der Waals surface area contributed by atoms with Crippen LogP contribution in [0, 0.1) is 11.3 Å². The molecule has 2 unspecified atom stereocenters. The molecule has 4 aliphatic rings. The average molecular weight is 807 g/mol. The lowest BCUT2D eigenvalue weighted by molar-refractivity contribution is -0.135. The van der Waals surface area contributed by atoms with Crippen LogP contribution in [0.4, 0.5) is 18.4 Å². The molecule has 5 aromatic rings. The van der Waals surface area contributed by atoms with Gasteiger partial charge in [-0.05, 0) is 90.0 Å². The molecule has 14 nitrogen and oxygen atoms in total. The van der Waals surface area contributed by atoms with Gasteiger partial charge in [0.1, 0.15) is 24.7 Å². The zero-order valence-electron chi connectivity index (χ0n) is 32.9. The van der Waals surface area contributed by atoms with Gasteiger partial charge in [-0.15, -0.1) is 0 Å². The maximum Gasteiger partial charge on any atom is 0.407 e. The number of fused-ring (bicyclic) bond motifs is 6. The molecular weight excluding hydrogens is 763 g/mol. The van der Waals surface area contributed by atoms with Crippen molar-refractivity contribution in [2.45, 2.75) is 63.6 Å². The Hall–Kier alpha value is -6.32. The topological polar surface area (TPSA) is 175 Å². The number of nitrogens with one attached hydrogen (secondary N) is 4. The third kappa shape index (κ3) is 7.03. The molecule has 59 heavy (non-hydrogen) atoms. The summed E-state index contributed by atoms with van der Waals surface area (Å²) in [6.07, 6.45) is 4.93. The number of imidazole rings is 2. The van der Waals surface area contributed by atoms with E-state index in [2.05, 4.69) is 42.0 Å². The highest BCUT2D eigenvalue weighted by molar-refractivity contribution is 5.88. The monoisotopic (exact) mass is 806 g/mol. The molecule has 0 radical (unpaired) electrons. The number of H-pyrrole nitrogens is 2. The summed E-state index contributed by atoms with van der Waals surface area (Å²) < 4.78 is 42.1. The second kappa shape index (κ2) is 14.5. The number of methoxy groups -OCH3 is 2. The first-order valence-corrected chi connectivity index (χ1v) is 19.8. The first-order chi connectivity index (χ1) is 28.3. The quantitative estimate of drug-likeness (QED) is 0.115. The summed E-state index contributed by atoms with van der Waals surface area (Å²) >= 11 is 0. The highest BCUT2D eigenvalue weighted by atomic mass is 19.3. The lowest BCUT2D eigenvalue weighted by atomic mass is 9.98. The van der Waals surface area contributed by atoms with Crippen molar-refractivity contribution >= 4 is 35.0 Å². The highest BCUT2D eigenvalue weighted by Gasteiger charge is 2.50. The first-order valence-electron chi connectivity index (χ1n) is 19.8. The molecular formula is C43H44F2N8O6. The maximum absolute atomic E-state index is 16.4. The Bertz CT molecular complexity index is 2510. The number of aromatic nitrogens is 4. The number of carbonyl (C=O) groups is 4. The van der Waals surface area contributed by atoms with Crippen molar-refractivity contribution in [3.05, 3.63) is 83.6 Å². The van der Waals surface area contributed by atoms with Crippen molar-refractivity contribution in [3.8, 4) is 33.5 Å². The van der Waals surface area contributed by atoms with E-state index in [-0.39, 0.29) is 66.0 Å². The van der Waals surface area contributed by atoms with Gasteiger partial charge >= 0.3 is 12.2 Å². The van der Waals surface area contributed by atoms with E-state index in [1.165, 1.54) is 20.3 Å². The van der Waals surface area contributed by atoms with Crippen LogP contribution in [0.25, 0.3) is 44.5 Å². The van der Waals surface area contributed by atoms with Gasteiger partial charge < -0.3 is 39.9 Å². The fourth-order valence-electron chi connectivity index (χ4n) is 9.10. The van der Waals surface area contributed by atoms with E-state index < -0.39 is 18.1 Å². The number of likely N-dealkylation sites (tertiary alicyclic amines) is 1. The Kier molecular flexibility index (Phi) is 9.39. The molecule has 1 saturated heterocycles. The van der Waals surface area contributed by atoms with E-state index in [9.17, 15) is 19.2 Å². The van der Waals surface area contributed by atoms with Crippen LogP contribution in [0.15, 0.2) is 60.8 Å². The summed E-state index contributed by atoms with van der Waals surface area (Å²) in [5.74, 6) is -2.36. The van der Waals surface area contributed by atoms with Gasteiger partial charge in [0.05, 0.1) is 49.7 Å². The van der Waals surface area contributed by atoms with Crippen molar-refractivity contribution in [1.82, 2.24) is 40.4 Å². The summed E-state index contributed by atoms with van der Waals surface area (Å²) in [6, 6.07) is 15.6. The van der Waals surface area contributed by atoms with Gasteiger partial charge in [0.15, 0.2) is 0 Å². The van der Waals surface area contributed by atoms with Crippen molar-refractivity contribution in [2.75, 3.05) is 33.9 Å². The molecule has 3 fully saturated rings. The number of alkyl carbamates (subject to hydrolysis) is 2. The zero-order chi connectivity index (χ0) is 41.2. The normalized spacial score (nSPS) is 20.2. The minimum Gasteiger partial charge on any atom is -0.453 e. The van der Waals surface area contributed by atoms with Gasteiger partial charge in [0.2, 0.25) is 11.8 Å². The van der Waals surface area contributed by atoms with Crippen LogP contribution in [0.2, 0.25) is 0 Å². The van der Waals surface area contributed by atoms with Crippen LogP contribution in [0.1, 0.15) is 67.8 Å². The standard InChI is InChI=1S/C43H44F2N8O6/c1-42(12-13-42)22-52(36(54)19-47-40(56)58-2)21-35-46-18-34(49-35)25-6-10-29-28-9-5-23(15-30(28)43(44,45)31(29)16-25)24-7-11-32-33(17-24)51-39(50-32)38-26-4-8-27(14-26)53(38)37(55)20-48-41(57)59-3/h5-7,9-11,15-18,26-27,38H,4,8,12-14,19-22H2,1-3H3,(H,46,49)(H,47,56)(H,48,57)(H,50,51)/t26?,27?,38-/m0/s1. The minimum atomic E-state index is -3.28. The Morgan fingerprint density at radius 1 is 0.881 bits per heavy atom. The van der Waals surface area contributed by atoms with Crippen molar-refractivity contribution in [3.63, 3.8) is 0 Å². The summed E-state index contributed by atoms with van der Waals surface area (Å²) in [5.41, 5.74) is 4.58. The molecule has 1 aliphatic heterocycles. The minimum absolute atomic E-state index is 0.000371. The number of rotatable bonds is 11. The van der Waals surface area contributed by atoms with E-state index in [1.54, 1.807) is 35.4 Å². The molecule has 16 heteroatoms. The van der Waals surface area contributed by atoms with Gasteiger partial charge in [-0.25, -0.2) is 19.6 Å². The Morgan fingerprint density at radius 2 is 1.54 bits per heavy atom. The van der Waals surface area contributed by atoms with Gasteiger partial charge in [-0.3, -0.25) is 9.59 Å². The number of carbonyl (C=O) groups excluding carboxylic acids is 4. The van der Waals surface area contributed by atoms with Gasteiger partial charge in [-0.1, -0.05) is 37.3 Å². The Morgan fingerprint density at radius 3 is 2.25 bits per heavy atom. The third-order valence-electron chi connectivity index (χ3n) is 12.4. The third-order valence-corrected chi connectivity index (χ3v) is 12.4. The number of benzene rings is 3. The smallest absolute Gasteiger partial charge is 0.407 e. The number of nitrogens with zero attached hydrogens (tertiary/aromatic N) is 4. The van der Waals surface area contributed by atoms with Crippen LogP contribution in [-0.2, 0) is 31.5 Å². The zero-order valence-corrected chi connectivity index (χ0v) is 32.9. The van der Waals surface area contributed by atoms with Gasteiger partial charge in [0.25, 0.3) is 5.92 Å². The first kappa shape index (κ1) is 38.2. The molecule has 2 saturated carbocycles. The molecule has 3 aliphatic carbocycles. The van der Waals surface area contributed by atoms with Crippen LogP contribution < -0.4 is 10.6 Å².